The van der Waals surface area contributed by atoms with Crippen molar-refractivity contribution in [1.82, 2.24) is 10.9 Å². The van der Waals surface area contributed by atoms with Gasteiger partial charge in [-0.05, 0) is 17.7 Å². The van der Waals surface area contributed by atoms with E-state index in [9.17, 15) is 10.1 Å². The van der Waals surface area contributed by atoms with Gasteiger partial charge in [0, 0.05) is 26.2 Å². The fraction of sp³-hybridized carbons (Fsp3) is 0.250. The number of hydrazone groups is 2. The van der Waals surface area contributed by atoms with E-state index in [-0.39, 0.29) is 17.3 Å². The summed E-state index contributed by atoms with van der Waals surface area (Å²) < 4.78 is 5.45. The minimum absolute atomic E-state index is 0.0111. The molecule has 1 aliphatic rings. The predicted molar refractivity (Wildman–Crippen MR) is 77.6 cm³/mol. The Balaban J connectivity index is 2.38. The zero-order chi connectivity index (χ0) is 15.4. The first kappa shape index (κ1) is 14.4. The van der Waals surface area contributed by atoms with Crippen molar-refractivity contribution in [1.29, 1.82) is 5.41 Å². The van der Waals surface area contributed by atoms with Gasteiger partial charge in [-0.3, -0.25) is 15.5 Å². The van der Waals surface area contributed by atoms with E-state index in [0.29, 0.717) is 11.3 Å². The molecule has 0 aromatic heterocycles. The largest absolute Gasteiger partial charge is 0.461 e. The van der Waals surface area contributed by atoms with Crippen molar-refractivity contribution < 1.29 is 9.66 Å². The summed E-state index contributed by atoms with van der Waals surface area (Å²) in [7, 11) is 3.23. The highest BCUT2D eigenvalue weighted by molar-refractivity contribution is 6.69. The molecule has 1 aromatic rings. The second-order valence-corrected chi connectivity index (χ2v) is 4.08. The summed E-state index contributed by atoms with van der Waals surface area (Å²) >= 11 is 0. The molecule has 1 heterocycles. The van der Waals surface area contributed by atoms with E-state index in [2.05, 4.69) is 21.1 Å². The molecule has 1 atom stereocenters. The quantitative estimate of drug-likeness (QED) is 0.558. The minimum Gasteiger partial charge on any atom is -0.461 e. The minimum atomic E-state index is -0.627. The Morgan fingerprint density at radius 2 is 1.86 bits per heavy atom. The molecule has 1 aliphatic heterocycles. The molecule has 1 saturated heterocycles. The van der Waals surface area contributed by atoms with Crippen LogP contribution in [0.4, 0.5) is 5.69 Å². The highest BCUT2D eigenvalue weighted by atomic mass is 16.6. The van der Waals surface area contributed by atoms with E-state index in [1.54, 1.807) is 26.2 Å². The lowest BCUT2D eigenvalue weighted by Crippen LogP contribution is -2.21. The van der Waals surface area contributed by atoms with Crippen molar-refractivity contribution in [2.45, 2.75) is 6.10 Å². The number of nitrogens with zero attached hydrogens (tertiary/aromatic N) is 3. The first-order valence-electron chi connectivity index (χ1n) is 6.07. The molecule has 0 bridgehead atoms. The molecule has 1 aromatic carbocycles. The van der Waals surface area contributed by atoms with Crippen LogP contribution < -0.4 is 10.9 Å². The van der Waals surface area contributed by atoms with Gasteiger partial charge in [-0.2, -0.15) is 10.2 Å². The van der Waals surface area contributed by atoms with Gasteiger partial charge in [0.25, 0.3) is 5.69 Å². The number of hydrogen-bond acceptors (Lipinski definition) is 8. The predicted octanol–water partition coefficient (Wildman–Crippen LogP) is 0.794. The van der Waals surface area contributed by atoms with Gasteiger partial charge in [-0.1, -0.05) is 0 Å². The van der Waals surface area contributed by atoms with Crippen LogP contribution >= 0.6 is 0 Å². The van der Waals surface area contributed by atoms with Crippen molar-refractivity contribution in [2.24, 2.45) is 10.2 Å². The zero-order valence-electron chi connectivity index (χ0n) is 11.5. The van der Waals surface area contributed by atoms with Crippen molar-refractivity contribution in [3.63, 3.8) is 0 Å². The van der Waals surface area contributed by atoms with Gasteiger partial charge in [0.1, 0.15) is 5.71 Å². The Morgan fingerprint density at radius 3 is 2.38 bits per heavy atom. The number of non-ortho nitro benzene ring substituents is 1. The summed E-state index contributed by atoms with van der Waals surface area (Å²) in [4.78, 5) is 10.2. The Morgan fingerprint density at radius 1 is 1.24 bits per heavy atom. The third kappa shape index (κ3) is 2.81. The molecule has 0 spiro atoms. The molecule has 110 valence electrons. The molecular formula is C12H14N6O3. The number of ether oxygens (including phenoxy) is 1. The third-order valence-electron chi connectivity index (χ3n) is 2.80. The van der Waals surface area contributed by atoms with Crippen LogP contribution in [0.1, 0.15) is 11.7 Å². The van der Waals surface area contributed by atoms with E-state index < -0.39 is 11.0 Å². The normalized spacial score (nSPS) is 21.4. The van der Waals surface area contributed by atoms with E-state index in [4.69, 9.17) is 10.1 Å². The van der Waals surface area contributed by atoms with Gasteiger partial charge in [0.15, 0.2) is 11.8 Å². The first-order chi connectivity index (χ1) is 10.1. The van der Waals surface area contributed by atoms with Gasteiger partial charge < -0.3 is 15.6 Å². The Hall–Kier alpha value is -2.97. The molecule has 0 amide bonds. The van der Waals surface area contributed by atoms with Crippen LogP contribution in [0.15, 0.2) is 34.5 Å². The van der Waals surface area contributed by atoms with Crippen LogP contribution in [0.2, 0.25) is 0 Å². The van der Waals surface area contributed by atoms with Crippen molar-refractivity contribution >= 4 is 23.0 Å². The van der Waals surface area contributed by atoms with Crippen LogP contribution in [-0.4, -0.2) is 36.3 Å². The van der Waals surface area contributed by atoms with Crippen LogP contribution in [0.5, 0.6) is 0 Å². The standard InChI is InChI=1S/C12H14N6O3/c1-14-16-9-10(17-15-2)12(13)21-11(9)7-3-5-8(6-4-7)18(19)20/h3-6,11,13-15H,1-2H3/b13-12?,16-9?,17-10+/t11-/m0/s1. The number of benzene rings is 1. The molecule has 3 N–H and O–H groups in total. The van der Waals surface area contributed by atoms with Gasteiger partial charge in [-0.15, -0.1) is 0 Å². The van der Waals surface area contributed by atoms with Gasteiger partial charge >= 0.3 is 0 Å². The van der Waals surface area contributed by atoms with Gasteiger partial charge in [0.2, 0.25) is 5.90 Å². The molecule has 9 heteroatoms. The van der Waals surface area contributed by atoms with Crippen LogP contribution in [0.3, 0.4) is 0 Å². The topological polar surface area (TPSA) is 125 Å². The molecule has 0 radical (unpaired) electrons. The summed E-state index contributed by atoms with van der Waals surface area (Å²) in [5.41, 5.74) is 6.60. The summed E-state index contributed by atoms with van der Waals surface area (Å²) in [6.45, 7) is 0. The summed E-state index contributed by atoms with van der Waals surface area (Å²) in [6.07, 6.45) is -0.627. The highest BCUT2D eigenvalue weighted by Crippen LogP contribution is 2.27. The SMILES string of the molecule is CNN=C1/C(=N\NC)C(=N)O[C@H]1c1ccc([N+](=O)[O-])cc1. The third-order valence-corrected chi connectivity index (χ3v) is 2.80. The number of hydrogen-bond donors (Lipinski definition) is 3. The molecule has 1 fully saturated rings. The van der Waals surface area contributed by atoms with Crippen molar-refractivity contribution in [2.75, 3.05) is 14.1 Å². The Labute approximate surface area is 120 Å². The molecule has 0 unspecified atom stereocenters. The van der Waals surface area contributed by atoms with Crippen molar-refractivity contribution in [3.8, 4) is 0 Å². The maximum Gasteiger partial charge on any atom is 0.269 e. The fourth-order valence-electron chi connectivity index (χ4n) is 1.92. The average molecular weight is 290 g/mol. The summed E-state index contributed by atoms with van der Waals surface area (Å²) in [6, 6.07) is 5.91. The monoisotopic (exact) mass is 290 g/mol. The Kier molecular flexibility index (Phi) is 4.12. The van der Waals surface area contributed by atoms with Crippen molar-refractivity contribution in [3.05, 3.63) is 39.9 Å². The number of nitro benzene ring substituents is 1. The zero-order valence-corrected chi connectivity index (χ0v) is 11.5. The molecule has 0 aliphatic carbocycles. The molecular weight excluding hydrogens is 276 g/mol. The number of nitrogens with one attached hydrogen (secondary N) is 3. The van der Waals surface area contributed by atoms with E-state index in [0.717, 1.165) is 0 Å². The maximum atomic E-state index is 10.7. The van der Waals surface area contributed by atoms with Crippen LogP contribution in [-0.2, 0) is 4.74 Å². The number of rotatable bonds is 4. The number of nitro groups is 1. The lowest BCUT2D eigenvalue weighted by Gasteiger charge is -2.10. The second-order valence-electron chi connectivity index (χ2n) is 4.08. The van der Waals surface area contributed by atoms with Crippen LogP contribution in [0, 0.1) is 15.5 Å². The molecule has 9 nitrogen and oxygen atoms in total. The lowest BCUT2D eigenvalue weighted by atomic mass is 10.0. The van der Waals surface area contributed by atoms with E-state index in [1.165, 1.54) is 12.1 Å². The lowest BCUT2D eigenvalue weighted by molar-refractivity contribution is -0.384. The van der Waals surface area contributed by atoms with E-state index >= 15 is 0 Å². The smallest absolute Gasteiger partial charge is 0.269 e. The molecule has 0 saturated carbocycles. The first-order valence-corrected chi connectivity index (χ1v) is 6.07. The highest BCUT2D eigenvalue weighted by Gasteiger charge is 2.37. The Bertz CT molecular complexity index is 622. The second kappa shape index (κ2) is 5.99. The van der Waals surface area contributed by atoms with Gasteiger partial charge in [0.05, 0.1) is 4.92 Å². The van der Waals surface area contributed by atoms with Gasteiger partial charge in [-0.25, -0.2) is 0 Å². The average Bonchev–Trinajstić information content (AvgIpc) is 2.77. The maximum absolute atomic E-state index is 10.7. The molecule has 2 rings (SSSR count). The summed E-state index contributed by atoms with van der Waals surface area (Å²) in [5, 5.41) is 26.5. The van der Waals surface area contributed by atoms with Crippen LogP contribution in [0.25, 0.3) is 0 Å². The molecule has 21 heavy (non-hydrogen) atoms. The summed E-state index contributed by atoms with van der Waals surface area (Å²) in [5.74, 6) is -0.110. The fourth-order valence-corrected chi connectivity index (χ4v) is 1.92. The van der Waals surface area contributed by atoms with E-state index in [1.807, 2.05) is 0 Å².